The lowest BCUT2D eigenvalue weighted by Crippen LogP contribution is -2.52. The molecule has 2 aliphatic rings. The molecule has 2 unspecified atom stereocenters. The zero-order chi connectivity index (χ0) is 14.0. The van der Waals surface area contributed by atoms with Crippen molar-refractivity contribution in [1.29, 1.82) is 0 Å². The lowest BCUT2D eigenvalue weighted by molar-refractivity contribution is -0.185. The molecular formula is C14H25F3N2. The highest BCUT2D eigenvalue weighted by atomic mass is 19.4. The molecule has 2 fully saturated rings. The number of nitrogens with zero attached hydrogens (tertiary/aromatic N) is 1. The molecule has 2 N–H and O–H groups in total. The summed E-state index contributed by atoms with van der Waals surface area (Å²) in [6, 6.07) is 0.691. The van der Waals surface area contributed by atoms with Crippen molar-refractivity contribution in [3.8, 4) is 0 Å². The van der Waals surface area contributed by atoms with Crippen LogP contribution in [0.5, 0.6) is 0 Å². The van der Waals surface area contributed by atoms with E-state index in [0.29, 0.717) is 37.4 Å². The fraction of sp³-hybridized carbons (Fsp3) is 1.00. The van der Waals surface area contributed by atoms with Crippen LogP contribution >= 0.6 is 0 Å². The van der Waals surface area contributed by atoms with Gasteiger partial charge in [0.2, 0.25) is 0 Å². The van der Waals surface area contributed by atoms with Crippen molar-refractivity contribution in [3.05, 3.63) is 0 Å². The monoisotopic (exact) mass is 278 g/mol. The summed E-state index contributed by atoms with van der Waals surface area (Å²) in [7, 11) is 0. The van der Waals surface area contributed by atoms with Gasteiger partial charge in [-0.25, -0.2) is 0 Å². The Morgan fingerprint density at radius 3 is 2.26 bits per heavy atom. The number of halogens is 3. The summed E-state index contributed by atoms with van der Waals surface area (Å²) >= 11 is 0. The third-order valence-corrected chi connectivity index (χ3v) is 4.92. The second-order valence-electron chi connectivity index (χ2n) is 6.30. The number of alkyl halides is 3. The standard InChI is InChI=1S/C14H25F3N2/c1-10-6-7-19(13(8-10)9-18)12-4-2-11(3-5-12)14(15,16)17/h10-13H,2-9,18H2,1H3. The van der Waals surface area contributed by atoms with Gasteiger partial charge in [-0.05, 0) is 51.0 Å². The van der Waals surface area contributed by atoms with E-state index < -0.39 is 12.1 Å². The van der Waals surface area contributed by atoms with Gasteiger partial charge in [0.1, 0.15) is 0 Å². The van der Waals surface area contributed by atoms with Crippen molar-refractivity contribution in [3.63, 3.8) is 0 Å². The smallest absolute Gasteiger partial charge is 0.329 e. The molecule has 1 aliphatic carbocycles. The summed E-state index contributed by atoms with van der Waals surface area (Å²) in [5.41, 5.74) is 5.84. The predicted octanol–water partition coefficient (Wildman–Crippen LogP) is 3.17. The van der Waals surface area contributed by atoms with E-state index in [1.807, 2.05) is 0 Å². The van der Waals surface area contributed by atoms with Crippen molar-refractivity contribution in [2.75, 3.05) is 13.1 Å². The summed E-state index contributed by atoms with van der Waals surface area (Å²) < 4.78 is 38.0. The van der Waals surface area contributed by atoms with Crippen molar-refractivity contribution in [2.45, 2.75) is 63.7 Å². The summed E-state index contributed by atoms with van der Waals surface area (Å²) in [6.45, 7) is 3.87. The summed E-state index contributed by atoms with van der Waals surface area (Å²) in [4.78, 5) is 2.40. The van der Waals surface area contributed by atoms with Crippen LogP contribution in [0, 0.1) is 11.8 Å². The minimum Gasteiger partial charge on any atom is -0.329 e. The first-order valence-corrected chi connectivity index (χ1v) is 7.44. The van der Waals surface area contributed by atoms with Gasteiger partial charge in [-0.15, -0.1) is 0 Å². The van der Waals surface area contributed by atoms with Crippen LogP contribution in [0.15, 0.2) is 0 Å². The van der Waals surface area contributed by atoms with E-state index in [2.05, 4.69) is 11.8 Å². The van der Waals surface area contributed by atoms with Crippen LogP contribution in [0.25, 0.3) is 0 Å². The van der Waals surface area contributed by atoms with Crippen LogP contribution < -0.4 is 5.73 Å². The maximum Gasteiger partial charge on any atom is 0.391 e. The van der Waals surface area contributed by atoms with Gasteiger partial charge >= 0.3 is 6.18 Å². The molecule has 0 bridgehead atoms. The number of likely N-dealkylation sites (tertiary alicyclic amines) is 1. The molecule has 0 spiro atoms. The van der Waals surface area contributed by atoms with Gasteiger partial charge in [-0.1, -0.05) is 6.92 Å². The second kappa shape index (κ2) is 6.00. The van der Waals surface area contributed by atoms with E-state index >= 15 is 0 Å². The molecule has 112 valence electrons. The zero-order valence-corrected chi connectivity index (χ0v) is 11.6. The van der Waals surface area contributed by atoms with Gasteiger partial charge in [-0.3, -0.25) is 4.90 Å². The molecule has 1 heterocycles. The third-order valence-electron chi connectivity index (χ3n) is 4.92. The van der Waals surface area contributed by atoms with Crippen LogP contribution in [0.3, 0.4) is 0 Å². The Hall–Kier alpha value is -0.290. The van der Waals surface area contributed by atoms with Crippen molar-refractivity contribution >= 4 is 0 Å². The van der Waals surface area contributed by atoms with Crippen LogP contribution in [-0.2, 0) is 0 Å². The normalized spacial score (nSPS) is 38.4. The Bertz CT molecular complexity index is 285. The van der Waals surface area contributed by atoms with Crippen LogP contribution in [0.2, 0.25) is 0 Å². The first kappa shape index (κ1) is 15.1. The molecule has 0 radical (unpaired) electrons. The van der Waals surface area contributed by atoms with Crippen LogP contribution in [0.1, 0.15) is 45.4 Å². The molecule has 0 aromatic heterocycles. The molecular weight excluding hydrogens is 253 g/mol. The molecule has 0 aromatic carbocycles. The summed E-state index contributed by atoms with van der Waals surface area (Å²) in [5.74, 6) is -0.389. The number of rotatable bonds is 2. The van der Waals surface area contributed by atoms with E-state index in [1.165, 1.54) is 0 Å². The average Bonchev–Trinajstić information content (AvgIpc) is 2.37. The highest BCUT2D eigenvalue weighted by Gasteiger charge is 2.43. The van der Waals surface area contributed by atoms with Gasteiger partial charge < -0.3 is 5.73 Å². The Morgan fingerprint density at radius 2 is 1.74 bits per heavy atom. The van der Waals surface area contributed by atoms with E-state index in [4.69, 9.17) is 5.73 Å². The van der Waals surface area contributed by atoms with E-state index in [1.54, 1.807) is 0 Å². The van der Waals surface area contributed by atoms with E-state index in [-0.39, 0.29) is 12.8 Å². The highest BCUT2D eigenvalue weighted by Crippen LogP contribution is 2.40. The maximum absolute atomic E-state index is 12.7. The largest absolute Gasteiger partial charge is 0.391 e. The molecule has 1 saturated heterocycles. The van der Waals surface area contributed by atoms with Crippen molar-refractivity contribution < 1.29 is 13.2 Å². The van der Waals surface area contributed by atoms with Gasteiger partial charge in [0.05, 0.1) is 5.92 Å². The van der Waals surface area contributed by atoms with Gasteiger partial charge in [-0.2, -0.15) is 13.2 Å². The highest BCUT2D eigenvalue weighted by molar-refractivity contribution is 4.89. The third kappa shape index (κ3) is 3.63. The average molecular weight is 278 g/mol. The van der Waals surface area contributed by atoms with E-state index in [9.17, 15) is 13.2 Å². The molecule has 0 amide bonds. The minimum absolute atomic E-state index is 0.289. The summed E-state index contributed by atoms with van der Waals surface area (Å²) in [6.07, 6.45) is 0.166. The molecule has 0 aromatic rings. The first-order valence-electron chi connectivity index (χ1n) is 7.44. The minimum atomic E-state index is -4.01. The van der Waals surface area contributed by atoms with Gasteiger partial charge in [0.15, 0.2) is 0 Å². The lowest BCUT2D eigenvalue weighted by atomic mass is 9.82. The number of hydrogen-bond donors (Lipinski definition) is 1. The molecule has 2 atom stereocenters. The Labute approximate surface area is 113 Å². The zero-order valence-electron chi connectivity index (χ0n) is 11.6. The van der Waals surface area contributed by atoms with Gasteiger partial charge in [0, 0.05) is 18.6 Å². The van der Waals surface area contributed by atoms with Crippen LogP contribution in [0.4, 0.5) is 13.2 Å². The summed E-state index contributed by atoms with van der Waals surface area (Å²) in [5, 5.41) is 0. The molecule has 2 rings (SSSR count). The molecule has 19 heavy (non-hydrogen) atoms. The molecule has 5 heteroatoms. The van der Waals surface area contributed by atoms with E-state index in [0.717, 1.165) is 19.4 Å². The quantitative estimate of drug-likeness (QED) is 0.840. The van der Waals surface area contributed by atoms with Gasteiger partial charge in [0.25, 0.3) is 0 Å². The number of hydrogen-bond acceptors (Lipinski definition) is 2. The number of nitrogens with two attached hydrogens (primary N) is 1. The van der Waals surface area contributed by atoms with Crippen molar-refractivity contribution in [2.24, 2.45) is 17.6 Å². The number of piperidine rings is 1. The Morgan fingerprint density at radius 1 is 1.11 bits per heavy atom. The SMILES string of the molecule is CC1CCN(C2CCC(C(F)(F)F)CC2)C(CN)C1. The molecule has 1 saturated carbocycles. The Balaban J connectivity index is 1.90. The molecule has 1 aliphatic heterocycles. The van der Waals surface area contributed by atoms with Crippen molar-refractivity contribution in [1.82, 2.24) is 4.90 Å². The maximum atomic E-state index is 12.7. The predicted molar refractivity (Wildman–Crippen MR) is 69.7 cm³/mol. The fourth-order valence-electron chi connectivity index (χ4n) is 3.72. The Kier molecular flexibility index (Phi) is 4.77. The first-order chi connectivity index (χ1) is 8.91. The molecule has 2 nitrogen and oxygen atoms in total. The van der Waals surface area contributed by atoms with Crippen LogP contribution in [-0.4, -0.2) is 36.2 Å². The topological polar surface area (TPSA) is 29.3 Å². The fourth-order valence-corrected chi connectivity index (χ4v) is 3.72. The lowest BCUT2D eigenvalue weighted by Gasteiger charge is -2.45. The second-order valence-corrected chi connectivity index (χ2v) is 6.30.